The molecule has 1 aromatic heterocycles. The second kappa shape index (κ2) is 7.01. The van der Waals surface area contributed by atoms with E-state index in [-0.39, 0.29) is 5.91 Å². The number of amides is 1. The van der Waals surface area contributed by atoms with E-state index in [1.165, 1.54) is 6.42 Å². The SMILES string of the molecule is Cn1ccnc1SCc1cccc(C(=O)N2CCCCC2)c1. The van der Waals surface area contributed by atoms with E-state index < -0.39 is 0 Å². The summed E-state index contributed by atoms with van der Waals surface area (Å²) in [5.74, 6) is 0.995. The summed E-state index contributed by atoms with van der Waals surface area (Å²) in [6.45, 7) is 1.79. The smallest absolute Gasteiger partial charge is 0.253 e. The Kier molecular flexibility index (Phi) is 4.83. The van der Waals surface area contributed by atoms with Gasteiger partial charge in [-0.05, 0) is 37.0 Å². The van der Waals surface area contributed by atoms with Crippen molar-refractivity contribution in [3.05, 3.63) is 47.8 Å². The topological polar surface area (TPSA) is 38.1 Å². The standard InChI is InChI=1S/C17H21N3OS/c1-19-11-8-18-17(19)22-13-14-6-5-7-15(12-14)16(21)20-9-3-2-4-10-20/h5-8,11-12H,2-4,9-10,13H2,1H3. The van der Waals surface area contributed by atoms with E-state index in [2.05, 4.69) is 11.1 Å². The van der Waals surface area contributed by atoms with E-state index in [9.17, 15) is 4.79 Å². The van der Waals surface area contributed by atoms with Gasteiger partial charge in [0.2, 0.25) is 0 Å². The lowest BCUT2D eigenvalue weighted by molar-refractivity contribution is 0.0724. The Morgan fingerprint density at radius 3 is 2.82 bits per heavy atom. The molecule has 0 aliphatic carbocycles. The van der Waals surface area contributed by atoms with E-state index in [0.717, 1.165) is 48.0 Å². The Balaban J connectivity index is 1.66. The highest BCUT2D eigenvalue weighted by Gasteiger charge is 2.18. The van der Waals surface area contributed by atoms with Gasteiger partial charge in [0.1, 0.15) is 0 Å². The predicted molar refractivity (Wildman–Crippen MR) is 89.0 cm³/mol. The van der Waals surface area contributed by atoms with Gasteiger partial charge >= 0.3 is 0 Å². The van der Waals surface area contributed by atoms with Crippen molar-refractivity contribution in [2.45, 2.75) is 30.2 Å². The number of imidazole rings is 1. The fourth-order valence-electron chi connectivity index (χ4n) is 2.71. The fourth-order valence-corrected chi connectivity index (χ4v) is 3.59. The Labute approximate surface area is 135 Å². The Morgan fingerprint density at radius 2 is 2.09 bits per heavy atom. The first-order valence-electron chi connectivity index (χ1n) is 7.72. The van der Waals surface area contributed by atoms with Crippen molar-refractivity contribution in [3.63, 3.8) is 0 Å². The number of piperidine rings is 1. The lowest BCUT2D eigenvalue weighted by atomic mass is 10.1. The van der Waals surface area contributed by atoms with Crippen LogP contribution >= 0.6 is 11.8 Å². The van der Waals surface area contributed by atoms with Crippen molar-refractivity contribution >= 4 is 17.7 Å². The van der Waals surface area contributed by atoms with Crippen molar-refractivity contribution in [2.24, 2.45) is 7.05 Å². The monoisotopic (exact) mass is 315 g/mol. The van der Waals surface area contributed by atoms with Gasteiger partial charge in [-0.15, -0.1) is 0 Å². The number of aromatic nitrogens is 2. The molecular weight excluding hydrogens is 294 g/mol. The number of rotatable bonds is 4. The van der Waals surface area contributed by atoms with Crippen molar-refractivity contribution in [3.8, 4) is 0 Å². The van der Waals surface area contributed by atoms with Crippen molar-refractivity contribution in [2.75, 3.05) is 13.1 Å². The van der Waals surface area contributed by atoms with Crippen LogP contribution in [0.5, 0.6) is 0 Å². The third-order valence-electron chi connectivity index (χ3n) is 3.96. The molecule has 0 atom stereocenters. The first-order valence-corrected chi connectivity index (χ1v) is 8.71. The van der Waals surface area contributed by atoms with Crippen LogP contribution in [0.4, 0.5) is 0 Å². The average molecular weight is 315 g/mol. The highest BCUT2D eigenvalue weighted by Crippen LogP contribution is 2.22. The summed E-state index contributed by atoms with van der Waals surface area (Å²) in [6, 6.07) is 7.99. The quantitative estimate of drug-likeness (QED) is 0.812. The molecule has 2 heterocycles. The summed E-state index contributed by atoms with van der Waals surface area (Å²) in [4.78, 5) is 18.8. The van der Waals surface area contributed by atoms with Gasteiger partial charge in [0.15, 0.2) is 5.16 Å². The molecule has 2 aromatic rings. The molecule has 0 N–H and O–H groups in total. The molecule has 4 nitrogen and oxygen atoms in total. The third-order valence-corrected chi connectivity index (χ3v) is 5.09. The number of aryl methyl sites for hydroxylation is 1. The van der Waals surface area contributed by atoms with Crippen LogP contribution in [0, 0.1) is 0 Å². The van der Waals surface area contributed by atoms with Crippen LogP contribution in [0.3, 0.4) is 0 Å². The maximum Gasteiger partial charge on any atom is 0.253 e. The van der Waals surface area contributed by atoms with E-state index >= 15 is 0 Å². The van der Waals surface area contributed by atoms with Gasteiger partial charge in [-0.2, -0.15) is 0 Å². The van der Waals surface area contributed by atoms with Crippen LogP contribution in [0.15, 0.2) is 41.8 Å². The zero-order valence-electron chi connectivity index (χ0n) is 12.9. The predicted octanol–water partition coefficient (Wildman–Crippen LogP) is 3.34. The minimum atomic E-state index is 0.170. The number of hydrogen-bond acceptors (Lipinski definition) is 3. The van der Waals surface area contributed by atoms with Gasteiger partial charge in [0.05, 0.1) is 0 Å². The Hall–Kier alpha value is -1.75. The van der Waals surface area contributed by atoms with Crippen molar-refractivity contribution in [1.29, 1.82) is 0 Å². The van der Waals surface area contributed by atoms with Crippen molar-refractivity contribution in [1.82, 2.24) is 14.5 Å². The molecule has 0 unspecified atom stereocenters. The summed E-state index contributed by atoms with van der Waals surface area (Å²) < 4.78 is 2.01. The summed E-state index contributed by atoms with van der Waals surface area (Å²) in [5.41, 5.74) is 1.97. The van der Waals surface area contributed by atoms with Crippen LogP contribution in [-0.4, -0.2) is 33.4 Å². The first kappa shape index (κ1) is 15.2. The molecule has 0 saturated carbocycles. The van der Waals surface area contributed by atoms with E-state index in [0.29, 0.717) is 0 Å². The van der Waals surface area contributed by atoms with Crippen LogP contribution in [0.2, 0.25) is 0 Å². The second-order valence-corrected chi connectivity index (χ2v) is 6.61. The lowest BCUT2D eigenvalue weighted by Crippen LogP contribution is -2.35. The molecule has 116 valence electrons. The normalized spacial score (nSPS) is 15.0. The van der Waals surface area contributed by atoms with Gasteiger partial charge < -0.3 is 9.47 Å². The van der Waals surface area contributed by atoms with E-state index in [4.69, 9.17) is 0 Å². The summed E-state index contributed by atoms with van der Waals surface area (Å²) in [7, 11) is 1.99. The number of hydrogen-bond donors (Lipinski definition) is 0. The van der Waals surface area contributed by atoms with Crippen molar-refractivity contribution < 1.29 is 4.79 Å². The molecule has 1 aliphatic heterocycles. The minimum Gasteiger partial charge on any atom is -0.339 e. The molecule has 1 fully saturated rings. The number of nitrogens with zero attached hydrogens (tertiary/aromatic N) is 3. The number of thioether (sulfide) groups is 1. The summed E-state index contributed by atoms with van der Waals surface area (Å²) in [5, 5.41) is 0.993. The molecule has 22 heavy (non-hydrogen) atoms. The zero-order valence-corrected chi connectivity index (χ0v) is 13.7. The van der Waals surface area contributed by atoms with Crippen LogP contribution in [-0.2, 0) is 12.8 Å². The number of benzene rings is 1. The van der Waals surface area contributed by atoms with Gasteiger partial charge in [0, 0.05) is 43.8 Å². The maximum atomic E-state index is 12.5. The molecular formula is C17H21N3OS. The lowest BCUT2D eigenvalue weighted by Gasteiger charge is -2.26. The van der Waals surface area contributed by atoms with E-state index in [1.54, 1.807) is 18.0 Å². The Morgan fingerprint density at radius 1 is 1.27 bits per heavy atom. The number of carbonyl (C=O) groups excluding carboxylic acids is 1. The molecule has 1 aromatic carbocycles. The highest BCUT2D eigenvalue weighted by molar-refractivity contribution is 7.98. The maximum absolute atomic E-state index is 12.5. The van der Waals surface area contributed by atoms with Gasteiger partial charge in [0.25, 0.3) is 5.91 Å². The molecule has 0 spiro atoms. The van der Waals surface area contributed by atoms with Crippen LogP contribution < -0.4 is 0 Å². The molecule has 5 heteroatoms. The van der Waals surface area contributed by atoms with Gasteiger partial charge in [-0.3, -0.25) is 4.79 Å². The van der Waals surface area contributed by atoms with Crippen LogP contribution in [0.1, 0.15) is 35.2 Å². The third kappa shape index (κ3) is 3.53. The Bertz CT molecular complexity index is 647. The highest BCUT2D eigenvalue weighted by atomic mass is 32.2. The second-order valence-electron chi connectivity index (χ2n) is 5.66. The minimum absolute atomic E-state index is 0.170. The number of likely N-dealkylation sites (tertiary alicyclic amines) is 1. The molecule has 1 amide bonds. The largest absolute Gasteiger partial charge is 0.339 e. The molecule has 1 aliphatic rings. The molecule has 1 saturated heterocycles. The van der Waals surface area contributed by atoms with Gasteiger partial charge in [-0.25, -0.2) is 4.98 Å². The molecule has 0 bridgehead atoms. The first-order chi connectivity index (χ1) is 10.7. The fraction of sp³-hybridized carbons (Fsp3) is 0.412. The van der Waals surface area contributed by atoms with Crippen LogP contribution in [0.25, 0.3) is 0 Å². The average Bonchev–Trinajstić information content (AvgIpc) is 2.98. The molecule has 0 radical (unpaired) electrons. The zero-order chi connectivity index (χ0) is 15.4. The van der Waals surface area contributed by atoms with Gasteiger partial charge in [-0.1, -0.05) is 23.9 Å². The number of carbonyl (C=O) groups is 1. The summed E-state index contributed by atoms with van der Waals surface area (Å²) in [6.07, 6.45) is 7.24. The van der Waals surface area contributed by atoms with E-state index in [1.807, 2.05) is 40.9 Å². The molecule has 3 rings (SSSR count). The summed E-state index contributed by atoms with van der Waals surface area (Å²) >= 11 is 1.69.